The Labute approximate surface area is 84.5 Å². The van der Waals surface area contributed by atoms with Gasteiger partial charge >= 0.3 is 6.18 Å². The second-order valence-corrected chi connectivity index (χ2v) is 3.15. The average Bonchev–Trinajstić information content (AvgIpc) is 2.15. The normalized spacial score (nSPS) is 11.3. The second-order valence-electron chi connectivity index (χ2n) is 3.15. The van der Waals surface area contributed by atoms with Gasteiger partial charge in [0.1, 0.15) is 5.82 Å². The number of carbonyl (C=O) groups is 1. The molecule has 0 amide bonds. The van der Waals surface area contributed by atoms with Crippen molar-refractivity contribution in [3.05, 3.63) is 23.4 Å². The minimum Gasteiger partial charge on any atom is -0.362 e. The molecule has 0 spiro atoms. The lowest BCUT2D eigenvalue weighted by atomic mass is 10.2. The van der Waals surface area contributed by atoms with Crippen molar-refractivity contribution in [3.8, 4) is 0 Å². The van der Waals surface area contributed by atoms with Crippen LogP contribution in [0.5, 0.6) is 0 Å². The van der Waals surface area contributed by atoms with E-state index in [-0.39, 0.29) is 11.4 Å². The first-order chi connectivity index (χ1) is 6.86. The minimum absolute atomic E-state index is 0.0742. The van der Waals surface area contributed by atoms with Crippen LogP contribution in [-0.2, 0) is 6.18 Å². The molecule has 6 heteroatoms. The molecule has 15 heavy (non-hydrogen) atoms. The molecule has 0 aromatic carbocycles. The Bertz CT molecular complexity index is 374. The van der Waals surface area contributed by atoms with Crippen molar-refractivity contribution in [2.24, 2.45) is 0 Å². The topological polar surface area (TPSA) is 33.2 Å². The molecular formula is C9H9F3N2O. The average molecular weight is 218 g/mol. The van der Waals surface area contributed by atoms with E-state index >= 15 is 0 Å². The molecule has 0 radical (unpaired) electrons. The molecule has 0 bridgehead atoms. The second kappa shape index (κ2) is 3.88. The fourth-order valence-electron chi connectivity index (χ4n) is 1.09. The van der Waals surface area contributed by atoms with Crippen LogP contribution in [0.25, 0.3) is 0 Å². The van der Waals surface area contributed by atoms with Gasteiger partial charge in [-0.1, -0.05) is 0 Å². The number of rotatable bonds is 2. The third kappa shape index (κ3) is 2.45. The number of halogens is 3. The molecule has 1 aromatic rings. The molecule has 0 aliphatic rings. The highest BCUT2D eigenvalue weighted by molar-refractivity contribution is 5.83. The van der Waals surface area contributed by atoms with Crippen LogP contribution in [0, 0.1) is 0 Å². The number of alkyl halides is 3. The van der Waals surface area contributed by atoms with Crippen molar-refractivity contribution < 1.29 is 18.0 Å². The zero-order chi connectivity index (χ0) is 11.6. The maximum Gasteiger partial charge on any atom is 0.417 e. The molecule has 0 N–H and O–H groups in total. The van der Waals surface area contributed by atoms with Gasteiger partial charge in [-0.15, -0.1) is 0 Å². The molecule has 1 rings (SSSR count). The van der Waals surface area contributed by atoms with E-state index in [9.17, 15) is 18.0 Å². The Morgan fingerprint density at radius 1 is 1.40 bits per heavy atom. The van der Waals surface area contributed by atoms with Crippen LogP contribution in [0.1, 0.15) is 15.9 Å². The molecule has 0 aliphatic heterocycles. The molecule has 3 nitrogen and oxygen atoms in total. The third-order valence-electron chi connectivity index (χ3n) is 1.77. The monoisotopic (exact) mass is 218 g/mol. The molecule has 82 valence electrons. The molecule has 0 fully saturated rings. The Morgan fingerprint density at radius 3 is 2.40 bits per heavy atom. The Morgan fingerprint density at radius 2 is 2.00 bits per heavy atom. The maximum atomic E-state index is 12.3. The zero-order valence-corrected chi connectivity index (χ0v) is 8.17. The third-order valence-corrected chi connectivity index (χ3v) is 1.77. The lowest BCUT2D eigenvalue weighted by Crippen LogP contribution is -2.15. The molecule has 0 saturated carbocycles. The molecule has 0 unspecified atom stereocenters. The van der Waals surface area contributed by atoms with Gasteiger partial charge in [0, 0.05) is 20.3 Å². The summed E-state index contributed by atoms with van der Waals surface area (Å²) in [6, 6.07) is 0.787. The molecule has 1 heterocycles. The quantitative estimate of drug-likeness (QED) is 0.711. The number of pyridine rings is 1. The van der Waals surface area contributed by atoms with Gasteiger partial charge in [-0.25, -0.2) is 4.98 Å². The summed E-state index contributed by atoms with van der Waals surface area (Å²) in [7, 11) is 3.20. The van der Waals surface area contributed by atoms with Gasteiger partial charge in [-0.2, -0.15) is 13.2 Å². The SMILES string of the molecule is CN(C)c1ncc(C(F)(F)F)cc1C=O. The molecule has 0 aliphatic carbocycles. The number of hydrogen-bond acceptors (Lipinski definition) is 3. The summed E-state index contributed by atoms with van der Waals surface area (Å²) in [4.78, 5) is 15.6. The largest absolute Gasteiger partial charge is 0.417 e. The van der Waals surface area contributed by atoms with E-state index in [4.69, 9.17) is 0 Å². The van der Waals surface area contributed by atoms with E-state index in [1.807, 2.05) is 0 Å². The number of nitrogens with zero attached hydrogens (tertiary/aromatic N) is 2. The first-order valence-electron chi connectivity index (χ1n) is 4.06. The summed E-state index contributed by atoms with van der Waals surface area (Å²) < 4.78 is 36.8. The van der Waals surface area contributed by atoms with E-state index in [1.54, 1.807) is 14.1 Å². The number of carbonyl (C=O) groups excluding carboxylic acids is 1. The number of anilines is 1. The highest BCUT2D eigenvalue weighted by Crippen LogP contribution is 2.30. The molecule has 1 aromatic heterocycles. The Hall–Kier alpha value is -1.59. The van der Waals surface area contributed by atoms with Crippen LogP contribution in [0.15, 0.2) is 12.3 Å². The summed E-state index contributed by atoms with van der Waals surface area (Å²) in [6.45, 7) is 0. The van der Waals surface area contributed by atoms with E-state index in [2.05, 4.69) is 4.98 Å². The first-order valence-corrected chi connectivity index (χ1v) is 4.06. The smallest absolute Gasteiger partial charge is 0.362 e. The lowest BCUT2D eigenvalue weighted by Gasteiger charge is -2.15. The van der Waals surface area contributed by atoms with Crippen LogP contribution in [0.2, 0.25) is 0 Å². The fraction of sp³-hybridized carbons (Fsp3) is 0.333. The van der Waals surface area contributed by atoms with Crippen LogP contribution in [0.4, 0.5) is 19.0 Å². The van der Waals surface area contributed by atoms with Gasteiger partial charge < -0.3 is 4.90 Å². The summed E-state index contributed by atoms with van der Waals surface area (Å²) in [5.74, 6) is 0.220. The number of hydrogen-bond donors (Lipinski definition) is 0. The first kappa shape index (κ1) is 11.5. The van der Waals surface area contributed by atoms with Crippen molar-refractivity contribution in [2.75, 3.05) is 19.0 Å². The van der Waals surface area contributed by atoms with E-state index in [0.29, 0.717) is 12.5 Å². The van der Waals surface area contributed by atoms with Crippen LogP contribution in [-0.4, -0.2) is 25.4 Å². The molecular weight excluding hydrogens is 209 g/mol. The van der Waals surface area contributed by atoms with E-state index in [1.165, 1.54) is 4.90 Å². The van der Waals surface area contributed by atoms with Crippen LogP contribution in [0.3, 0.4) is 0 Å². The van der Waals surface area contributed by atoms with Gasteiger partial charge in [0.2, 0.25) is 0 Å². The van der Waals surface area contributed by atoms with E-state index < -0.39 is 11.7 Å². The van der Waals surface area contributed by atoms with E-state index in [0.717, 1.165) is 6.07 Å². The standard InChI is InChI=1S/C9H9F3N2O/c1-14(2)8-6(5-15)3-7(4-13-8)9(10,11)12/h3-5H,1-2H3. The van der Waals surface area contributed by atoms with Crippen molar-refractivity contribution in [1.29, 1.82) is 0 Å². The molecule has 0 saturated heterocycles. The summed E-state index contributed by atoms with van der Waals surface area (Å²) in [5, 5.41) is 0. The highest BCUT2D eigenvalue weighted by atomic mass is 19.4. The summed E-state index contributed by atoms with van der Waals surface area (Å²) in [6.07, 6.45) is -3.41. The zero-order valence-electron chi connectivity index (χ0n) is 8.17. The van der Waals surface area contributed by atoms with Gasteiger partial charge in [-0.05, 0) is 6.07 Å². The summed E-state index contributed by atoms with van der Waals surface area (Å²) >= 11 is 0. The maximum absolute atomic E-state index is 12.3. The van der Waals surface area contributed by atoms with Gasteiger partial charge in [-0.3, -0.25) is 4.79 Å². The molecule has 0 atom stereocenters. The van der Waals surface area contributed by atoms with Gasteiger partial charge in [0.15, 0.2) is 6.29 Å². The van der Waals surface area contributed by atoms with Crippen LogP contribution >= 0.6 is 0 Å². The van der Waals surface area contributed by atoms with Crippen LogP contribution < -0.4 is 4.90 Å². The van der Waals surface area contributed by atoms with Gasteiger partial charge in [0.05, 0.1) is 11.1 Å². The Balaban J connectivity index is 3.25. The van der Waals surface area contributed by atoms with Crippen molar-refractivity contribution >= 4 is 12.1 Å². The highest BCUT2D eigenvalue weighted by Gasteiger charge is 2.31. The number of aldehydes is 1. The van der Waals surface area contributed by atoms with Crippen molar-refractivity contribution in [1.82, 2.24) is 4.98 Å². The predicted octanol–water partition coefficient (Wildman–Crippen LogP) is 1.98. The van der Waals surface area contributed by atoms with Gasteiger partial charge in [0.25, 0.3) is 0 Å². The fourth-order valence-corrected chi connectivity index (χ4v) is 1.09. The van der Waals surface area contributed by atoms with Crippen molar-refractivity contribution in [3.63, 3.8) is 0 Å². The lowest BCUT2D eigenvalue weighted by molar-refractivity contribution is -0.137. The number of aromatic nitrogens is 1. The summed E-state index contributed by atoms with van der Waals surface area (Å²) in [5.41, 5.74) is -0.995. The minimum atomic E-state index is -4.48. The Kier molecular flexibility index (Phi) is 2.97. The predicted molar refractivity (Wildman–Crippen MR) is 49.0 cm³/mol. The van der Waals surface area contributed by atoms with Crippen molar-refractivity contribution in [2.45, 2.75) is 6.18 Å².